The molecule has 426 valence electrons. The van der Waals surface area contributed by atoms with E-state index in [2.05, 4.69) is 17.2 Å². The standard InChI is InChI=1S/C57H72N6O16/c1-4-5-6-7-8-9-10-11-12-13-20-25-47(67)75-44-35-60(2)50(54(68)61(3)49(44)55(69)79-51(38-21-16-14-17-22-38)39-23-18-15-19-24-39)53(52-42(65)32-46(77-52)62-31-30-45(66)59-56(62)70)78-48-33-41(64)43(76-48)34-58-57(71)74-36-37-26-28-40(29-27-37)63(72)73/h14-31,41-44,46,48-53,64-65H,4-13,32-36H2,1-3H3,(H,58,71)(H,59,66,70)/b25-20+/t41?,42-,43?,44?,46+,48?,49?,50?,52-,53?/m0/s1. The zero-order chi connectivity index (χ0) is 56.4. The van der Waals surface area contributed by atoms with Gasteiger partial charge in [-0.25, -0.2) is 19.2 Å². The van der Waals surface area contributed by atoms with Crippen molar-refractivity contribution in [2.45, 2.75) is 158 Å². The van der Waals surface area contributed by atoms with Gasteiger partial charge < -0.3 is 48.9 Å². The first-order chi connectivity index (χ1) is 38.1. The number of aliphatic hydroxyl groups is 2. The third-order valence-electron chi connectivity index (χ3n) is 14.4. The van der Waals surface area contributed by atoms with Crippen LogP contribution in [-0.4, -0.2) is 141 Å². The highest BCUT2D eigenvalue weighted by atomic mass is 16.7. The van der Waals surface area contributed by atoms with Crippen molar-refractivity contribution < 1.29 is 62.7 Å². The minimum absolute atomic E-state index is 0.132. The molecule has 2 amide bonds. The van der Waals surface area contributed by atoms with Crippen LogP contribution in [0.4, 0.5) is 10.5 Å². The number of aliphatic hydroxyl groups excluding tert-OH is 2. The summed E-state index contributed by atoms with van der Waals surface area (Å²) < 4.78 is 37.9. The number of H-pyrrole nitrogens is 1. The van der Waals surface area contributed by atoms with Crippen LogP contribution >= 0.6 is 0 Å². The first kappa shape index (κ1) is 59.6. The lowest BCUT2D eigenvalue weighted by Gasteiger charge is -2.38. The summed E-state index contributed by atoms with van der Waals surface area (Å²) in [6.45, 7) is 1.44. The number of likely N-dealkylation sites (N-methyl/N-ethyl adjacent to an activating group) is 2. The normalized spacial score (nSPS) is 23.8. The number of aromatic nitrogens is 2. The molecule has 4 N–H and O–H groups in total. The van der Waals surface area contributed by atoms with Gasteiger partial charge in [-0.2, -0.15) is 0 Å². The van der Waals surface area contributed by atoms with Crippen LogP contribution in [0.15, 0.2) is 119 Å². The van der Waals surface area contributed by atoms with E-state index in [4.69, 9.17) is 28.4 Å². The van der Waals surface area contributed by atoms with E-state index in [-0.39, 0.29) is 38.2 Å². The summed E-state index contributed by atoms with van der Waals surface area (Å²) >= 11 is 0. The molecule has 0 aliphatic carbocycles. The van der Waals surface area contributed by atoms with Gasteiger partial charge in [-0.3, -0.25) is 34.2 Å². The maximum Gasteiger partial charge on any atom is 0.407 e. The number of alkyl carbamates (subject to hydrolysis) is 1. The third-order valence-corrected chi connectivity index (χ3v) is 14.4. The molecule has 4 heterocycles. The van der Waals surface area contributed by atoms with Gasteiger partial charge in [-0.15, -0.1) is 0 Å². The van der Waals surface area contributed by atoms with Crippen LogP contribution in [0.3, 0.4) is 0 Å². The van der Waals surface area contributed by atoms with E-state index in [1.807, 2.05) is 12.1 Å². The maximum absolute atomic E-state index is 15.4. The van der Waals surface area contributed by atoms with Crippen LogP contribution in [0.5, 0.6) is 0 Å². The predicted octanol–water partition coefficient (Wildman–Crippen LogP) is 5.74. The summed E-state index contributed by atoms with van der Waals surface area (Å²) in [6.07, 6.45) is 2.34. The molecule has 7 unspecified atom stereocenters. The Morgan fingerprint density at radius 1 is 0.848 bits per heavy atom. The second kappa shape index (κ2) is 29.2. The summed E-state index contributed by atoms with van der Waals surface area (Å²) in [6, 6.07) is 21.6. The summed E-state index contributed by atoms with van der Waals surface area (Å²) in [4.78, 5) is 97.2. The molecule has 22 nitrogen and oxygen atoms in total. The van der Waals surface area contributed by atoms with Crippen LogP contribution in [0.25, 0.3) is 0 Å². The lowest BCUT2D eigenvalue weighted by atomic mass is 9.98. The number of rotatable bonds is 26. The molecule has 3 saturated heterocycles. The largest absolute Gasteiger partial charge is 0.455 e. The van der Waals surface area contributed by atoms with Crippen molar-refractivity contribution in [2.75, 3.05) is 27.2 Å². The maximum atomic E-state index is 15.4. The number of hydrogen-bond donors (Lipinski definition) is 4. The summed E-state index contributed by atoms with van der Waals surface area (Å²) in [5, 5.41) is 36.6. The van der Waals surface area contributed by atoms with E-state index in [0.717, 1.165) is 41.2 Å². The number of nitro groups is 1. The number of carbonyl (C=O) groups is 4. The molecule has 22 heteroatoms. The Hall–Kier alpha value is -7.08. The molecular formula is C57H72N6O16. The summed E-state index contributed by atoms with van der Waals surface area (Å²) in [7, 11) is 2.91. The molecule has 0 saturated carbocycles. The van der Waals surface area contributed by atoms with Crippen LogP contribution in [0, 0.1) is 10.1 Å². The average Bonchev–Trinajstić information content (AvgIpc) is 4.21. The van der Waals surface area contributed by atoms with E-state index in [1.165, 1.54) is 80.6 Å². The Labute approximate surface area is 457 Å². The SMILES string of the molecule is CCCCCCCCCCC/C=C/C(=O)OC1CN(C)C(C(OC2CC(O)C(CNC(=O)OCc3ccc([N+](=O)[O-])cc3)O2)[C@H]2O[C@@H](n3ccc(=O)[nH]c3=O)C[C@@H]2O)C(=O)N(C)C1C(=O)OC(c1ccccc1)c1ccccc1. The van der Waals surface area contributed by atoms with Gasteiger partial charge in [0.05, 0.1) is 17.1 Å². The molecule has 0 radical (unpaired) electrons. The number of hydrogen-bond acceptors (Lipinski definition) is 17. The van der Waals surface area contributed by atoms with E-state index in [9.17, 15) is 44.3 Å². The molecule has 0 bridgehead atoms. The Kier molecular flexibility index (Phi) is 22.0. The molecule has 4 aromatic rings. The van der Waals surface area contributed by atoms with Crippen molar-refractivity contribution in [2.24, 2.45) is 0 Å². The third kappa shape index (κ3) is 16.5. The van der Waals surface area contributed by atoms with Gasteiger partial charge in [0, 0.05) is 63.5 Å². The molecule has 3 aliphatic heterocycles. The second-order valence-corrected chi connectivity index (χ2v) is 20.2. The number of allylic oxidation sites excluding steroid dienone is 1. The molecule has 0 spiro atoms. The number of benzene rings is 3. The zero-order valence-electron chi connectivity index (χ0n) is 44.7. The van der Waals surface area contributed by atoms with Crippen LogP contribution in [-0.2, 0) is 49.4 Å². The number of unbranched alkanes of at least 4 members (excludes halogenated alkanes) is 9. The van der Waals surface area contributed by atoms with E-state index < -0.39 is 107 Å². The molecule has 3 aliphatic rings. The van der Waals surface area contributed by atoms with E-state index in [0.29, 0.717) is 23.1 Å². The molecular weight excluding hydrogens is 1020 g/mol. The fourth-order valence-corrected chi connectivity index (χ4v) is 10.2. The van der Waals surface area contributed by atoms with Gasteiger partial charge in [0.15, 0.2) is 18.4 Å². The molecule has 3 fully saturated rings. The highest BCUT2D eigenvalue weighted by Crippen LogP contribution is 2.37. The van der Waals surface area contributed by atoms with Crippen molar-refractivity contribution in [1.82, 2.24) is 24.7 Å². The smallest absolute Gasteiger partial charge is 0.407 e. The Balaban J connectivity index is 1.13. The highest BCUT2D eigenvalue weighted by Gasteiger charge is 2.54. The van der Waals surface area contributed by atoms with Crippen LogP contribution in [0.1, 0.15) is 113 Å². The Bertz CT molecular complexity index is 2740. The Morgan fingerprint density at radius 2 is 1.49 bits per heavy atom. The van der Waals surface area contributed by atoms with Gasteiger partial charge in [0.25, 0.3) is 11.2 Å². The number of esters is 2. The molecule has 10 atom stereocenters. The predicted molar refractivity (Wildman–Crippen MR) is 286 cm³/mol. The topological polar surface area (TPSA) is 281 Å². The van der Waals surface area contributed by atoms with Crippen molar-refractivity contribution >= 4 is 29.6 Å². The molecule has 3 aromatic carbocycles. The molecule has 79 heavy (non-hydrogen) atoms. The van der Waals surface area contributed by atoms with E-state index >= 15 is 4.79 Å². The second-order valence-electron chi connectivity index (χ2n) is 20.2. The fraction of sp³-hybridized carbons (Fsp3) is 0.509. The first-order valence-electron chi connectivity index (χ1n) is 27.0. The number of carbonyl (C=O) groups excluding carboxylic acids is 4. The van der Waals surface area contributed by atoms with Crippen molar-refractivity contribution in [3.05, 3.63) is 157 Å². The van der Waals surface area contributed by atoms with Gasteiger partial charge >= 0.3 is 23.7 Å². The lowest BCUT2D eigenvalue weighted by Crippen LogP contribution is -2.59. The monoisotopic (exact) mass is 1100 g/mol. The van der Waals surface area contributed by atoms with Gasteiger partial charge in [-0.1, -0.05) is 125 Å². The average molecular weight is 1100 g/mol. The number of nitrogens with one attached hydrogen (secondary N) is 2. The van der Waals surface area contributed by atoms with Gasteiger partial charge in [0.1, 0.15) is 43.3 Å². The number of aromatic amines is 1. The number of nitro benzene ring substituents is 1. The number of ether oxygens (including phenoxy) is 6. The lowest BCUT2D eigenvalue weighted by molar-refractivity contribution is -0.384. The van der Waals surface area contributed by atoms with Crippen molar-refractivity contribution in [3.63, 3.8) is 0 Å². The van der Waals surface area contributed by atoms with Gasteiger partial charge in [0.2, 0.25) is 5.91 Å². The molecule has 1 aromatic heterocycles. The van der Waals surface area contributed by atoms with Crippen LogP contribution in [0.2, 0.25) is 0 Å². The molecule has 7 rings (SSSR count). The van der Waals surface area contributed by atoms with E-state index in [1.54, 1.807) is 61.7 Å². The summed E-state index contributed by atoms with van der Waals surface area (Å²) in [5.41, 5.74) is 0.130. The summed E-state index contributed by atoms with van der Waals surface area (Å²) in [5.74, 6) is -2.40. The number of amides is 2. The minimum Gasteiger partial charge on any atom is -0.455 e. The van der Waals surface area contributed by atoms with Crippen molar-refractivity contribution in [1.29, 1.82) is 0 Å². The van der Waals surface area contributed by atoms with Crippen LogP contribution < -0.4 is 16.6 Å². The minimum atomic E-state index is -1.55. The zero-order valence-corrected chi connectivity index (χ0v) is 44.7. The highest BCUT2D eigenvalue weighted by molar-refractivity contribution is 5.90. The number of non-ortho nitro benzene ring substituents is 1. The first-order valence-corrected chi connectivity index (χ1v) is 27.0. The van der Waals surface area contributed by atoms with Crippen molar-refractivity contribution in [3.8, 4) is 0 Å². The number of nitrogens with zero attached hydrogens (tertiary/aromatic N) is 4. The fourth-order valence-electron chi connectivity index (χ4n) is 10.2. The Morgan fingerprint density at radius 3 is 2.13 bits per heavy atom. The quantitative estimate of drug-likeness (QED) is 0.0146. The van der Waals surface area contributed by atoms with Gasteiger partial charge in [-0.05, 0) is 48.7 Å².